The van der Waals surface area contributed by atoms with E-state index in [4.69, 9.17) is 9.47 Å². The standard InChI is InChI=1S/C29H39F2N3O3/c1-28(2,3)12-14-34-15-13-29(19-6-9-24(36-4)25(16-19)37-5)11-10-21(18-26(29)34)33-27(35)32-20-7-8-22(30)23(31)17-20/h6-9,16-17,21,26H,10-15,18H2,1-5H3,(H2,32,33,35)/t21-,26+,29+/m1/s1. The Labute approximate surface area is 218 Å². The largest absolute Gasteiger partial charge is 0.493 e. The fourth-order valence-electron chi connectivity index (χ4n) is 5.93. The van der Waals surface area contributed by atoms with Crippen LogP contribution in [0, 0.1) is 17.0 Å². The topological polar surface area (TPSA) is 62.8 Å². The summed E-state index contributed by atoms with van der Waals surface area (Å²) in [5.41, 5.74) is 1.66. The zero-order valence-corrected chi connectivity index (χ0v) is 22.5. The Morgan fingerprint density at radius 3 is 2.49 bits per heavy atom. The quantitative estimate of drug-likeness (QED) is 0.468. The van der Waals surface area contributed by atoms with Crippen molar-refractivity contribution in [1.82, 2.24) is 10.2 Å². The van der Waals surface area contributed by atoms with Crippen LogP contribution in [0.2, 0.25) is 0 Å². The highest BCUT2D eigenvalue weighted by molar-refractivity contribution is 5.89. The third-order valence-corrected chi connectivity index (χ3v) is 7.99. The number of ether oxygens (including phenoxy) is 2. The number of urea groups is 1. The van der Waals surface area contributed by atoms with Crippen LogP contribution in [0.25, 0.3) is 0 Å². The number of benzene rings is 2. The summed E-state index contributed by atoms with van der Waals surface area (Å²) in [6.45, 7) is 8.79. The van der Waals surface area contributed by atoms with Gasteiger partial charge in [-0.2, -0.15) is 0 Å². The van der Waals surface area contributed by atoms with E-state index in [2.05, 4.69) is 48.4 Å². The molecule has 0 radical (unpaired) electrons. The summed E-state index contributed by atoms with van der Waals surface area (Å²) < 4.78 is 37.9. The lowest BCUT2D eigenvalue weighted by atomic mass is 9.65. The zero-order valence-electron chi connectivity index (χ0n) is 22.5. The van der Waals surface area contributed by atoms with Crippen molar-refractivity contribution in [3.05, 3.63) is 53.6 Å². The maximum absolute atomic E-state index is 13.6. The molecule has 2 aromatic carbocycles. The van der Waals surface area contributed by atoms with E-state index in [1.54, 1.807) is 14.2 Å². The molecule has 1 heterocycles. The van der Waals surface area contributed by atoms with Crippen LogP contribution in [0.3, 0.4) is 0 Å². The molecule has 6 nitrogen and oxygen atoms in total. The highest BCUT2D eigenvalue weighted by Crippen LogP contribution is 2.50. The summed E-state index contributed by atoms with van der Waals surface area (Å²) >= 11 is 0. The van der Waals surface area contributed by atoms with Crippen molar-refractivity contribution in [2.45, 2.75) is 70.4 Å². The summed E-state index contributed by atoms with van der Waals surface area (Å²) in [5.74, 6) is -0.490. The second-order valence-electron chi connectivity index (χ2n) is 11.5. The van der Waals surface area contributed by atoms with E-state index in [1.807, 2.05) is 6.07 Å². The van der Waals surface area contributed by atoms with E-state index in [1.165, 1.54) is 11.6 Å². The summed E-state index contributed by atoms with van der Waals surface area (Å²) in [4.78, 5) is 15.3. The second-order valence-corrected chi connectivity index (χ2v) is 11.5. The average molecular weight is 516 g/mol. The molecule has 0 unspecified atom stereocenters. The number of halogens is 2. The molecule has 0 bridgehead atoms. The number of nitrogens with one attached hydrogen (secondary N) is 2. The lowest BCUT2D eigenvalue weighted by Crippen LogP contribution is -2.53. The van der Waals surface area contributed by atoms with Crippen LogP contribution in [0.4, 0.5) is 19.3 Å². The van der Waals surface area contributed by atoms with Gasteiger partial charge in [-0.3, -0.25) is 4.90 Å². The molecule has 2 aromatic rings. The predicted octanol–water partition coefficient (Wildman–Crippen LogP) is 6.10. The van der Waals surface area contributed by atoms with Gasteiger partial charge in [-0.1, -0.05) is 26.8 Å². The van der Waals surface area contributed by atoms with E-state index in [0.717, 1.165) is 63.1 Å². The minimum atomic E-state index is -0.990. The number of carbonyl (C=O) groups is 1. The summed E-state index contributed by atoms with van der Waals surface area (Å²) in [6.07, 6.45) is 4.69. The van der Waals surface area contributed by atoms with Crippen molar-refractivity contribution >= 4 is 11.7 Å². The summed E-state index contributed by atoms with van der Waals surface area (Å²) in [6, 6.07) is 9.43. The fourth-order valence-corrected chi connectivity index (χ4v) is 5.93. The molecule has 37 heavy (non-hydrogen) atoms. The third kappa shape index (κ3) is 6.00. The molecule has 4 rings (SSSR count). The van der Waals surface area contributed by atoms with Gasteiger partial charge in [0, 0.05) is 29.3 Å². The molecular formula is C29H39F2N3O3. The Kier molecular flexibility index (Phi) is 7.97. The average Bonchev–Trinajstić information content (AvgIpc) is 3.23. The number of hydrogen-bond acceptors (Lipinski definition) is 4. The maximum atomic E-state index is 13.6. The Bertz CT molecular complexity index is 1120. The van der Waals surface area contributed by atoms with Crippen LogP contribution in [-0.2, 0) is 5.41 Å². The van der Waals surface area contributed by atoms with E-state index >= 15 is 0 Å². The van der Waals surface area contributed by atoms with Gasteiger partial charge in [-0.15, -0.1) is 0 Å². The fraction of sp³-hybridized carbons (Fsp3) is 0.552. The second kappa shape index (κ2) is 10.9. The number of anilines is 1. The number of likely N-dealkylation sites (tertiary alicyclic amines) is 1. The highest BCUT2D eigenvalue weighted by Gasteiger charge is 2.51. The van der Waals surface area contributed by atoms with E-state index < -0.39 is 17.7 Å². The molecule has 2 N–H and O–H groups in total. The van der Waals surface area contributed by atoms with Crippen molar-refractivity contribution < 1.29 is 23.0 Å². The lowest BCUT2D eigenvalue weighted by molar-refractivity contribution is 0.125. The van der Waals surface area contributed by atoms with Gasteiger partial charge in [0.05, 0.1) is 14.2 Å². The van der Waals surface area contributed by atoms with Crippen LogP contribution < -0.4 is 20.1 Å². The first-order valence-corrected chi connectivity index (χ1v) is 13.0. The molecule has 202 valence electrons. The first-order valence-electron chi connectivity index (χ1n) is 13.0. The van der Waals surface area contributed by atoms with E-state index in [9.17, 15) is 13.6 Å². The summed E-state index contributed by atoms with van der Waals surface area (Å²) in [5, 5.41) is 5.72. The van der Waals surface area contributed by atoms with Crippen LogP contribution in [0.15, 0.2) is 36.4 Å². The van der Waals surface area contributed by atoms with Crippen molar-refractivity contribution in [3.8, 4) is 11.5 Å². The van der Waals surface area contributed by atoms with Crippen molar-refractivity contribution in [1.29, 1.82) is 0 Å². The van der Waals surface area contributed by atoms with Gasteiger partial charge in [0.1, 0.15) is 0 Å². The third-order valence-electron chi connectivity index (χ3n) is 7.99. The predicted molar refractivity (Wildman–Crippen MR) is 141 cm³/mol. The van der Waals surface area contributed by atoms with Gasteiger partial charge in [0.15, 0.2) is 23.1 Å². The van der Waals surface area contributed by atoms with Gasteiger partial charge >= 0.3 is 6.03 Å². The SMILES string of the molecule is COc1ccc([C@@]23CC[C@@H](NC(=O)Nc4ccc(F)c(F)c4)C[C@@H]2N(CCC(C)(C)C)CC3)cc1OC. The van der Waals surface area contributed by atoms with Crippen LogP contribution in [0.1, 0.15) is 58.4 Å². The Balaban J connectivity index is 1.54. The first kappa shape index (κ1) is 27.2. The minimum Gasteiger partial charge on any atom is -0.493 e. The van der Waals surface area contributed by atoms with Crippen molar-refractivity contribution in [3.63, 3.8) is 0 Å². The van der Waals surface area contributed by atoms with Crippen LogP contribution >= 0.6 is 0 Å². The number of hydrogen-bond donors (Lipinski definition) is 2. The molecule has 2 aliphatic rings. The Hall–Kier alpha value is -2.87. The molecule has 8 heteroatoms. The number of methoxy groups -OCH3 is 2. The Morgan fingerprint density at radius 2 is 1.81 bits per heavy atom. The Morgan fingerprint density at radius 1 is 1.05 bits per heavy atom. The first-order chi connectivity index (χ1) is 17.5. The van der Waals surface area contributed by atoms with Gasteiger partial charge in [-0.05, 0) is 80.4 Å². The van der Waals surface area contributed by atoms with Gasteiger partial charge < -0.3 is 20.1 Å². The molecule has 1 saturated heterocycles. The molecule has 1 aliphatic heterocycles. The molecule has 2 fully saturated rings. The maximum Gasteiger partial charge on any atom is 0.319 e. The lowest BCUT2D eigenvalue weighted by Gasteiger charge is -2.46. The normalized spacial score (nSPS) is 23.9. The van der Waals surface area contributed by atoms with Crippen molar-refractivity contribution in [2.24, 2.45) is 5.41 Å². The van der Waals surface area contributed by atoms with Crippen molar-refractivity contribution in [2.75, 3.05) is 32.6 Å². The molecule has 0 spiro atoms. The number of rotatable bonds is 7. The summed E-state index contributed by atoms with van der Waals surface area (Å²) in [7, 11) is 3.30. The molecule has 1 aliphatic carbocycles. The minimum absolute atomic E-state index is 0.0289. The van der Waals surface area contributed by atoms with E-state index in [-0.39, 0.29) is 28.6 Å². The molecule has 3 atom stereocenters. The number of nitrogens with zero attached hydrogens (tertiary/aromatic N) is 1. The molecular weight excluding hydrogens is 476 g/mol. The van der Waals surface area contributed by atoms with Crippen LogP contribution in [-0.4, -0.2) is 50.3 Å². The van der Waals surface area contributed by atoms with Crippen LogP contribution in [0.5, 0.6) is 11.5 Å². The molecule has 0 aromatic heterocycles. The monoisotopic (exact) mass is 515 g/mol. The van der Waals surface area contributed by atoms with Gasteiger partial charge in [0.25, 0.3) is 0 Å². The van der Waals surface area contributed by atoms with E-state index in [0.29, 0.717) is 5.75 Å². The zero-order chi connectivity index (χ0) is 26.8. The molecule has 2 amide bonds. The van der Waals surface area contributed by atoms with Gasteiger partial charge in [-0.25, -0.2) is 13.6 Å². The highest BCUT2D eigenvalue weighted by atomic mass is 19.2. The molecule has 1 saturated carbocycles. The number of fused-ring (bicyclic) bond motifs is 1. The number of amides is 2. The van der Waals surface area contributed by atoms with Gasteiger partial charge in [0.2, 0.25) is 0 Å². The number of carbonyl (C=O) groups excluding carboxylic acids is 1. The smallest absolute Gasteiger partial charge is 0.319 e.